The molecule has 0 saturated carbocycles. The third-order valence-electron chi connectivity index (χ3n) is 4.76. The predicted molar refractivity (Wildman–Crippen MR) is 113 cm³/mol. The molecule has 1 amide bonds. The van der Waals surface area contributed by atoms with Crippen molar-refractivity contribution in [2.24, 2.45) is 0 Å². The maximum Gasteiger partial charge on any atom is 0.416 e. The number of benzene rings is 1. The predicted octanol–water partition coefficient (Wildman–Crippen LogP) is 5.68. The summed E-state index contributed by atoms with van der Waals surface area (Å²) < 4.78 is 39.8. The van der Waals surface area contributed by atoms with Gasteiger partial charge in [-0.1, -0.05) is 6.92 Å². The van der Waals surface area contributed by atoms with Crippen LogP contribution in [0.2, 0.25) is 0 Å². The highest BCUT2D eigenvalue weighted by Crippen LogP contribution is 2.41. The van der Waals surface area contributed by atoms with Gasteiger partial charge in [0.25, 0.3) is 0 Å². The van der Waals surface area contributed by atoms with Gasteiger partial charge in [0, 0.05) is 40.0 Å². The lowest BCUT2D eigenvalue weighted by atomic mass is 10.1. The van der Waals surface area contributed by atoms with Crippen molar-refractivity contribution in [2.45, 2.75) is 36.1 Å². The molecule has 0 bridgehead atoms. The van der Waals surface area contributed by atoms with E-state index in [9.17, 15) is 18.0 Å². The molecular formula is C21H18F3N3OS2. The van der Waals surface area contributed by atoms with Gasteiger partial charge in [-0.2, -0.15) is 13.2 Å². The van der Waals surface area contributed by atoms with E-state index >= 15 is 0 Å². The van der Waals surface area contributed by atoms with E-state index in [0.29, 0.717) is 29.2 Å². The molecule has 3 heterocycles. The van der Waals surface area contributed by atoms with Crippen molar-refractivity contribution < 1.29 is 18.0 Å². The van der Waals surface area contributed by atoms with Crippen molar-refractivity contribution in [3.63, 3.8) is 0 Å². The number of hydrogen-bond donors (Lipinski definition) is 0. The molecule has 1 aromatic carbocycles. The Morgan fingerprint density at radius 3 is 2.87 bits per heavy atom. The Hall–Kier alpha value is -2.39. The fraction of sp³-hybridized carbons (Fsp3) is 0.286. The highest BCUT2D eigenvalue weighted by molar-refractivity contribution is 8.00. The van der Waals surface area contributed by atoms with Crippen LogP contribution in [0.5, 0.6) is 0 Å². The summed E-state index contributed by atoms with van der Waals surface area (Å²) in [5.74, 6) is -0.256. The average molecular weight is 450 g/mol. The molecule has 2 aromatic heterocycles. The second kappa shape index (κ2) is 8.39. The van der Waals surface area contributed by atoms with Gasteiger partial charge < -0.3 is 4.90 Å². The van der Waals surface area contributed by atoms with Gasteiger partial charge in [0.05, 0.1) is 23.4 Å². The average Bonchev–Trinajstić information content (AvgIpc) is 3.10. The van der Waals surface area contributed by atoms with Gasteiger partial charge in [0.15, 0.2) is 0 Å². The van der Waals surface area contributed by atoms with E-state index in [4.69, 9.17) is 0 Å². The number of carbonyl (C=O) groups is 1. The smallest absolute Gasteiger partial charge is 0.311 e. The van der Waals surface area contributed by atoms with Gasteiger partial charge >= 0.3 is 6.18 Å². The monoisotopic (exact) mass is 449 g/mol. The largest absolute Gasteiger partial charge is 0.416 e. The topological polar surface area (TPSA) is 46.1 Å². The number of anilines is 1. The number of fused-ring (bicyclic) bond motifs is 1. The number of amides is 1. The fourth-order valence-electron chi connectivity index (χ4n) is 3.23. The van der Waals surface area contributed by atoms with Crippen molar-refractivity contribution in [2.75, 3.05) is 11.4 Å². The zero-order valence-corrected chi connectivity index (χ0v) is 17.7. The van der Waals surface area contributed by atoms with Gasteiger partial charge in [-0.15, -0.1) is 23.1 Å². The molecule has 0 saturated heterocycles. The first-order chi connectivity index (χ1) is 14.3. The molecule has 4 rings (SSSR count). The maximum absolute atomic E-state index is 13.3. The number of alkyl halides is 3. The highest BCUT2D eigenvalue weighted by atomic mass is 32.2. The molecule has 156 valence electrons. The summed E-state index contributed by atoms with van der Waals surface area (Å²) in [7, 11) is 0. The van der Waals surface area contributed by atoms with Crippen LogP contribution in [0.3, 0.4) is 0 Å². The third-order valence-corrected chi connectivity index (χ3v) is 6.94. The zero-order chi connectivity index (χ0) is 21.3. The molecule has 0 N–H and O–H groups in total. The standard InChI is InChI=1S/C21H18F3N3OS2/c1-13-6-8-27(17-9-15(21(22,23)24)4-5-18(17)30-13)19(28)10-16-12-29-20(26-16)14-3-2-7-25-11-14/h2-5,7,9,11-13H,6,8,10H2,1H3. The van der Waals surface area contributed by atoms with Crippen molar-refractivity contribution in [3.8, 4) is 10.6 Å². The van der Waals surface area contributed by atoms with Crippen LogP contribution in [0.25, 0.3) is 10.6 Å². The minimum absolute atomic E-state index is 0.0332. The molecule has 0 radical (unpaired) electrons. The summed E-state index contributed by atoms with van der Waals surface area (Å²) in [6, 6.07) is 7.33. The number of pyridine rings is 1. The first-order valence-corrected chi connectivity index (χ1v) is 11.1. The SMILES string of the molecule is CC1CCN(C(=O)Cc2csc(-c3cccnc3)n2)c2cc(C(F)(F)F)ccc2S1. The highest BCUT2D eigenvalue weighted by Gasteiger charge is 2.33. The van der Waals surface area contributed by atoms with E-state index in [0.717, 1.165) is 22.7 Å². The Morgan fingerprint density at radius 2 is 2.13 bits per heavy atom. The molecule has 1 atom stereocenters. The Kier molecular flexibility index (Phi) is 5.84. The molecular weight excluding hydrogens is 431 g/mol. The summed E-state index contributed by atoms with van der Waals surface area (Å²) >= 11 is 2.91. The molecule has 0 spiro atoms. The number of hydrogen-bond acceptors (Lipinski definition) is 5. The van der Waals surface area contributed by atoms with Crippen LogP contribution in [-0.4, -0.2) is 27.7 Å². The van der Waals surface area contributed by atoms with Crippen LogP contribution in [0.15, 0.2) is 53.0 Å². The Morgan fingerprint density at radius 1 is 1.30 bits per heavy atom. The van der Waals surface area contributed by atoms with E-state index in [1.807, 2.05) is 24.4 Å². The number of aromatic nitrogens is 2. The van der Waals surface area contributed by atoms with Gasteiger partial charge in [-0.3, -0.25) is 9.78 Å². The van der Waals surface area contributed by atoms with Crippen LogP contribution in [0, 0.1) is 0 Å². The van der Waals surface area contributed by atoms with E-state index in [2.05, 4.69) is 9.97 Å². The molecule has 0 aliphatic carbocycles. The van der Waals surface area contributed by atoms with Crippen molar-refractivity contribution in [1.29, 1.82) is 0 Å². The van der Waals surface area contributed by atoms with Crippen LogP contribution < -0.4 is 4.90 Å². The van der Waals surface area contributed by atoms with E-state index in [1.165, 1.54) is 34.1 Å². The van der Waals surface area contributed by atoms with Crippen LogP contribution in [0.4, 0.5) is 18.9 Å². The van der Waals surface area contributed by atoms with Crippen molar-refractivity contribution in [1.82, 2.24) is 9.97 Å². The lowest BCUT2D eigenvalue weighted by Crippen LogP contribution is -2.33. The van der Waals surface area contributed by atoms with Gasteiger partial charge in [-0.25, -0.2) is 4.98 Å². The lowest BCUT2D eigenvalue weighted by Gasteiger charge is -2.23. The van der Waals surface area contributed by atoms with Crippen molar-refractivity contribution in [3.05, 3.63) is 59.4 Å². The molecule has 1 unspecified atom stereocenters. The van der Waals surface area contributed by atoms with E-state index in [1.54, 1.807) is 12.4 Å². The minimum atomic E-state index is -4.46. The van der Waals surface area contributed by atoms with Gasteiger partial charge in [0.2, 0.25) is 5.91 Å². The molecule has 3 aromatic rings. The molecule has 9 heteroatoms. The Balaban J connectivity index is 1.61. The lowest BCUT2D eigenvalue weighted by molar-refractivity contribution is -0.137. The maximum atomic E-state index is 13.3. The molecule has 30 heavy (non-hydrogen) atoms. The molecule has 1 aliphatic heterocycles. The van der Waals surface area contributed by atoms with Crippen molar-refractivity contribution >= 4 is 34.7 Å². The van der Waals surface area contributed by atoms with E-state index in [-0.39, 0.29) is 17.6 Å². The summed E-state index contributed by atoms with van der Waals surface area (Å²) in [6.45, 7) is 2.39. The second-order valence-corrected chi connectivity index (χ2v) is 9.34. The summed E-state index contributed by atoms with van der Waals surface area (Å²) in [4.78, 5) is 23.8. The summed E-state index contributed by atoms with van der Waals surface area (Å²) in [5.41, 5.74) is 1.04. The number of carbonyl (C=O) groups excluding carboxylic acids is 1. The van der Waals surface area contributed by atoms with Crippen LogP contribution in [0.1, 0.15) is 24.6 Å². The van der Waals surface area contributed by atoms with Gasteiger partial charge in [-0.05, 0) is 36.8 Å². The molecule has 4 nitrogen and oxygen atoms in total. The first kappa shape index (κ1) is 20.9. The number of halogens is 3. The zero-order valence-electron chi connectivity index (χ0n) is 16.0. The fourth-order valence-corrected chi connectivity index (χ4v) is 5.13. The number of thioether (sulfide) groups is 1. The molecule has 1 aliphatic rings. The summed E-state index contributed by atoms with van der Waals surface area (Å²) in [5, 5.41) is 2.77. The molecule has 0 fully saturated rings. The summed E-state index contributed by atoms with van der Waals surface area (Å²) in [6.07, 6.45) is -0.352. The first-order valence-electron chi connectivity index (χ1n) is 9.34. The second-order valence-electron chi connectivity index (χ2n) is 7.01. The van der Waals surface area contributed by atoms with Gasteiger partial charge in [0.1, 0.15) is 5.01 Å². The van der Waals surface area contributed by atoms with E-state index < -0.39 is 11.7 Å². The quantitative estimate of drug-likeness (QED) is 0.516. The van der Waals surface area contributed by atoms with Crippen LogP contribution >= 0.6 is 23.1 Å². The Bertz CT molecular complexity index is 1050. The number of nitrogens with zero attached hydrogens (tertiary/aromatic N) is 3. The normalized spacial score (nSPS) is 16.8. The third kappa shape index (κ3) is 4.52. The minimum Gasteiger partial charge on any atom is -0.311 e. The van der Waals surface area contributed by atoms with Crippen LogP contribution in [-0.2, 0) is 17.4 Å². The number of thiazole rings is 1. The number of rotatable bonds is 3. The Labute approximate surface area is 180 Å².